The first-order valence-electron chi connectivity index (χ1n) is 8.70. The van der Waals surface area contributed by atoms with Crippen LogP contribution in [-0.2, 0) is 6.54 Å². The summed E-state index contributed by atoms with van der Waals surface area (Å²) in [5.74, 6) is 2.96. The maximum absolute atomic E-state index is 5.45. The van der Waals surface area contributed by atoms with Crippen LogP contribution in [0.3, 0.4) is 0 Å². The van der Waals surface area contributed by atoms with Gasteiger partial charge in [0.25, 0.3) is 0 Å². The summed E-state index contributed by atoms with van der Waals surface area (Å²) in [5, 5.41) is 7.70. The molecule has 6 nitrogen and oxygen atoms in total. The van der Waals surface area contributed by atoms with Gasteiger partial charge >= 0.3 is 0 Å². The first-order valence-corrected chi connectivity index (χ1v) is 8.70. The van der Waals surface area contributed by atoms with Crippen LogP contribution in [0.25, 0.3) is 10.9 Å². The van der Waals surface area contributed by atoms with E-state index in [1.54, 1.807) is 14.2 Å². The van der Waals surface area contributed by atoms with E-state index >= 15 is 0 Å². The molecule has 0 aliphatic rings. The van der Waals surface area contributed by atoms with E-state index in [9.17, 15) is 0 Å². The van der Waals surface area contributed by atoms with Crippen molar-refractivity contribution in [3.8, 4) is 11.5 Å². The van der Waals surface area contributed by atoms with Crippen molar-refractivity contribution < 1.29 is 9.47 Å². The average molecular weight is 352 g/mol. The van der Waals surface area contributed by atoms with E-state index < -0.39 is 0 Å². The fourth-order valence-electron chi connectivity index (χ4n) is 2.71. The Hall–Kier alpha value is -3.02. The van der Waals surface area contributed by atoms with Crippen LogP contribution in [0.2, 0.25) is 0 Å². The molecule has 1 heterocycles. The average Bonchev–Trinajstić information content (AvgIpc) is 2.70. The molecule has 0 unspecified atom stereocenters. The lowest BCUT2D eigenvalue weighted by molar-refractivity contribution is 0.391. The van der Waals surface area contributed by atoms with Crippen LogP contribution in [-0.4, -0.2) is 30.7 Å². The maximum Gasteiger partial charge on any atom is 0.225 e. The monoisotopic (exact) mass is 352 g/mol. The molecular weight excluding hydrogens is 328 g/mol. The van der Waals surface area contributed by atoms with E-state index in [4.69, 9.17) is 9.47 Å². The van der Waals surface area contributed by atoms with Crippen LogP contribution in [0.5, 0.6) is 11.5 Å². The number of nitrogens with zero attached hydrogens (tertiary/aromatic N) is 2. The Morgan fingerprint density at radius 3 is 2.58 bits per heavy atom. The predicted octanol–water partition coefficient (Wildman–Crippen LogP) is 4.08. The number of anilines is 2. The van der Waals surface area contributed by atoms with Gasteiger partial charge in [0.1, 0.15) is 17.3 Å². The number of hydrogen-bond donors (Lipinski definition) is 2. The summed E-state index contributed by atoms with van der Waals surface area (Å²) >= 11 is 0. The highest BCUT2D eigenvalue weighted by Crippen LogP contribution is 2.26. The first kappa shape index (κ1) is 17.8. The standard InChI is InChI=1S/C20H24N4O2/c1-4-11-21-19-16-7-5-6-8-17(16)23-20(24-19)22-13-14-9-10-15(25-2)12-18(14)26-3/h5-10,12H,4,11,13H2,1-3H3,(H2,21,22,23,24). The normalized spacial score (nSPS) is 10.6. The fourth-order valence-corrected chi connectivity index (χ4v) is 2.71. The molecule has 0 bridgehead atoms. The van der Waals surface area contributed by atoms with Gasteiger partial charge in [-0.3, -0.25) is 0 Å². The Morgan fingerprint density at radius 1 is 0.962 bits per heavy atom. The SMILES string of the molecule is CCCNc1nc(NCc2ccc(OC)cc2OC)nc2ccccc12. The largest absolute Gasteiger partial charge is 0.497 e. The lowest BCUT2D eigenvalue weighted by Crippen LogP contribution is -2.09. The van der Waals surface area contributed by atoms with E-state index in [1.807, 2.05) is 42.5 Å². The number of hydrogen-bond acceptors (Lipinski definition) is 6. The number of ether oxygens (including phenoxy) is 2. The van der Waals surface area contributed by atoms with E-state index in [0.717, 1.165) is 46.7 Å². The summed E-state index contributed by atoms with van der Waals surface area (Å²) in [5.41, 5.74) is 1.92. The second kappa shape index (κ2) is 8.38. The molecule has 0 spiro atoms. The van der Waals surface area contributed by atoms with Gasteiger partial charge < -0.3 is 20.1 Å². The van der Waals surface area contributed by atoms with Crippen molar-refractivity contribution >= 4 is 22.7 Å². The molecular formula is C20H24N4O2. The van der Waals surface area contributed by atoms with Gasteiger partial charge in [-0.15, -0.1) is 0 Å². The zero-order valence-corrected chi connectivity index (χ0v) is 15.4. The lowest BCUT2D eigenvalue weighted by Gasteiger charge is -2.13. The third-order valence-corrected chi connectivity index (χ3v) is 4.08. The molecule has 2 aromatic carbocycles. The predicted molar refractivity (Wildman–Crippen MR) is 105 cm³/mol. The van der Waals surface area contributed by atoms with Gasteiger partial charge in [0.2, 0.25) is 5.95 Å². The quantitative estimate of drug-likeness (QED) is 0.637. The molecule has 0 radical (unpaired) electrons. The highest BCUT2D eigenvalue weighted by molar-refractivity contribution is 5.90. The molecule has 3 aromatic rings. The zero-order chi connectivity index (χ0) is 18.4. The maximum atomic E-state index is 5.45. The van der Waals surface area contributed by atoms with Crippen LogP contribution in [0, 0.1) is 0 Å². The van der Waals surface area contributed by atoms with Crippen molar-refractivity contribution in [2.24, 2.45) is 0 Å². The van der Waals surface area contributed by atoms with Crippen molar-refractivity contribution in [2.45, 2.75) is 19.9 Å². The number of fused-ring (bicyclic) bond motifs is 1. The van der Waals surface area contributed by atoms with Crippen molar-refractivity contribution in [3.05, 3.63) is 48.0 Å². The highest BCUT2D eigenvalue weighted by Gasteiger charge is 2.09. The summed E-state index contributed by atoms with van der Waals surface area (Å²) < 4.78 is 10.7. The molecule has 3 rings (SSSR count). The summed E-state index contributed by atoms with van der Waals surface area (Å²) in [4.78, 5) is 9.26. The van der Waals surface area contributed by atoms with Gasteiger partial charge in [-0.1, -0.05) is 19.1 Å². The second-order valence-corrected chi connectivity index (χ2v) is 5.87. The number of methoxy groups -OCH3 is 2. The topological polar surface area (TPSA) is 68.3 Å². The minimum absolute atomic E-state index is 0.554. The Labute approximate surface area is 153 Å². The molecule has 0 saturated heterocycles. The van der Waals surface area contributed by atoms with Crippen LogP contribution in [0.4, 0.5) is 11.8 Å². The zero-order valence-electron chi connectivity index (χ0n) is 15.4. The second-order valence-electron chi connectivity index (χ2n) is 5.87. The minimum Gasteiger partial charge on any atom is -0.497 e. The van der Waals surface area contributed by atoms with E-state index in [0.29, 0.717) is 12.5 Å². The van der Waals surface area contributed by atoms with Crippen molar-refractivity contribution in [3.63, 3.8) is 0 Å². The number of aromatic nitrogens is 2. The number of nitrogens with one attached hydrogen (secondary N) is 2. The molecule has 0 fully saturated rings. The van der Waals surface area contributed by atoms with Gasteiger partial charge in [-0.2, -0.15) is 4.98 Å². The molecule has 26 heavy (non-hydrogen) atoms. The molecule has 0 aliphatic heterocycles. The molecule has 136 valence electrons. The van der Waals surface area contributed by atoms with E-state index in [1.165, 1.54) is 0 Å². The Balaban J connectivity index is 1.85. The lowest BCUT2D eigenvalue weighted by atomic mass is 10.2. The molecule has 0 saturated carbocycles. The number of benzene rings is 2. The van der Waals surface area contributed by atoms with Crippen LogP contribution >= 0.6 is 0 Å². The highest BCUT2D eigenvalue weighted by atomic mass is 16.5. The van der Waals surface area contributed by atoms with Crippen LogP contribution in [0.1, 0.15) is 18.9 Å². The third kappa shape index (κ3) is 3.96. The summed E-state index contributed by atoms with van der Waals surface area (Å²) in [6.45, 7) is 3.55. The number of rotatable bonds is 8. The van der Waals surface area contributed by atoms with Crippen molar-refractivity contribution in [1.82, 2.24) is 9.97 Å². The van der Waals surface area contributed by atoms with Gasteiger partial charge in [0.05, 0.1) is 19.7 Å². The number of para-hydroxylation sites is 1. The molecule has 0 amide bonds. The Morgan fingerprint density at radius 2 is 1.81 bits per heavy atom. The van der Waals surface area contributed by atoms with Gasteiger partial charge in [-0.25, -0.2) is 4.98 Å². The fraction of sp³-hybridized carbons (Fsp3) is 0.300. The molecule has 0 atom stereocenters. The smallest absolute Gasteiger partial charge is 0.225 e. The summed E-state index contributed by atoms with van der Waals surface area (Å²) in [6.07, 6.45) is 1.03. The first-order chi connectivity index (χ1) is 12.7. The molecule has 1 aromatic heterocycles. The Bertz CT molecular complexity index is 883. The minimum atomic E-state index is 0.554. The van der Waals surface area contributed by atoms with Gasteiger partial charge in [0, 0.05) is 30.1 Å². The van der Waals surface area contributed by atoms with E-state index in [2.05, 4.69) is 27.5 Å². The Kier molecular flexibility index (Phi) is 5.73. The van der Waals surface area contributed by atoms with Crippen LogP contribution in [0.15, 0.2) is 42.5 Å². The van der Waals surface area contributed by atoms with Gasteiger partial charge in [0.15, 0.2) is 0 Å². The van der Waals surface area contributed by atoms with E-state index in [-0.39, 0.29) is 0 Å². The third-order valence-electron chi connectivity index (χ3n) is 4.08. The van der Waals surface area contributed by atoms with Crippen molar-refractivity contribution in [1.29, 1.82) is 0 Å². The molecule has 6 heteroatoms. The van der Waals surface area contributed by atoms with Crippen molar-refractivity contribution in [2.75, 3.05) is 31.4 Å². The molecule has 2 N–H and O–H groups in total. The van der Waals surface area contributed by atoms with Crippen LogP contribution < -0.4 is 20.1 Å². The summed E-state index contributed by atoms with van der Waals surface area (Å²) in [7, 11) is 3.29. The molecule has 0 aliphatic carbocycles. The van der Waals surface area contributed by atoms with Gasteiger partial charge in [-0.05, 0) is 30.7 Å². The summed E-state index contributed by atoms with van der Waals surface area (Å²) in [6, 6.07) is 13.8.